The summed E-state index contributed by atoms with van der Waals surface area (Å²) in [6.45, 7) is 2.62. The van der Waals surface area contributed by atoms with Crippen LogP contribution in [0.15, 0.2) is 0 Å². The highest BCUT2D eigenvalue weighted by molar-refractivity contribution is 7.99. The van der Waals surface area contributed by atoms with Crippen molar-refractivity contribution < 1.29 is 5.11 Å². The van der Waals surface area contributed by atoms with E-state index < -0.39 is 0 Å². The Labute approximate surface area is 79.9 Å². The van der Waals surface area contributed by atoms with Crippen LogP contribution in [0.1, 0.15) is 32.6 Å². The molecule has 0 spiro atoms. The lowest BCUT2D eigenvalue weighted by Gasteiger charge is -2.28. The topological polar surface area (TPSA) is 20.2 Å². The van der Waals surface area contributed by atoms with Crippen molar-refractivity contribution in [3.8, 4) is 0 Å². The first-order chi connectivity index (χ1) is 5.88. The van der Waals surface area contributed by atoms with Crippen LogP contribution in [0, 0.1) is 11.8 Å². The van der Waals surface area contributed by atoms with Crippen LogP contribution in [-0.2, 0) is 0 Å². The number of hydrogen-bond acceptors (Lipinski definition) is 2. The van der Waals surface area contributed by atoms with Crippen LogP contribution < -0.4 is 0 Å². The first-order valence-corrected chi connectivity index (χ1v) is 6.22. The summed E-state index contributed by atoms with van der Waals surface area (Å²) in [7, 11) is 0. The molecule has 0 aliphatic carbocycles. The Hall–Kier alpha value is 0.310. The molecule has 0 amide bonds. The monoisotopic (exact) mass is 188 g/mol. The minimum absolute atomic E-state index is 0.375. The zero-order valence-electron chi connectivity index (χ0n) is 7.96. The quantitative estimate of drug-likeness (QED) is 0.731. The van der Waals surface area contributed by atoms with Crippen molar-refractivity contribution in [1.29, 1.82) is 0 Å². The van der Waals surface area contributed by atoms with Gasteiger partial charge in [0.2, 0.25) is 0 Å². The highest BCUT2D eigenvalue weighted by Gasteiger charge is 2.21. The molecule has 2 atom stereocenters. The second kappa shape index (κ2) is 5.87. The predicted molar refractivity (Wildman–Crippen MR) is 55.5 cm³/mol. The summed E-state index contributed by atoms with van der Waals surface area (Å²) >= 11 is 2.09. The van der Waals surface area contributed by atoms with Crippen molar-refractivity contribution in [3.05, 3.63) is 0 Å². The third kappa shape index (κ3) is 2.98. The van der Waals surface area contributed by atoms with Crippen LogP contribution in [0.2, 0.25) is 0 Å². The van der Waals surface area contributed by atoms with Gasteiger partial charge in [0, 0.05) is 6.61 Å². The molecule has 1 rings (SSSR count). The molecule has 1 heterocycles. The van der Waals surface area contributed by atoms with Gasteiger partial charge in [-0.2, -0.15) is 11.8 Å². The van der Waals surface area contributed by atoms with Crippen LogP contribution >= 0.6 is 11.8 Å². The zero-order chi connectivity index (χ0) is 8.81. The van der Waals surface area contributed by atoms with E-state index in [0.717, 1.165) is 18.3 Å². The van der Waals surface area contributed by atoms with Crippen LogP contribution in [-0.4, -0.2) is 23.2 Å². The summed E-state index contributed by atoms with van der Waals surface area (Å²) in [5.74, 6) is 4.36. The fourth-order valence-corrected chi connectivity index (χ4v) is 3.36. The molecule has 0 saturated carbocycles. The Morgan fingerprint density at radius 1 is 1.58 bits per heavy atom. The standard InChI is InChI=1S/C10H20OS/c1-2-9(5-6-11)10-4-3-7-12-8-10/h9-11H,2-8H2,1H3. The third-order valence-electron chi connectivity index (χ3n) is 2.89. The number of hydrogen-bond donors (Lipinski definition) is 1. The fourth-order valence-electron chi connectivity index (χ4n) is 2.08. The van der Waals surface area contributed by atoms with Gasteiger partial charge in [0.25, 0.3) is 0 Å². The van der Waals surface area contributed by atoms with E-state index in [-0.39, 0.29) is 0 Å². The van der Waals surface area contributed by atoms with Gasteiger partial charge in [0.1, 0.15) is 0 Å². The maximum atomic E-state index is 8.89. The molecule has 1 fully saturated rings. The van der Waals surface area contributed by atoms with Gasteiger partial charge in [0.15, 0.2) is 0 Å². The van der Waals surface area contributed by atoms with Crippen molar-refractivity contribution in [1.82, 2.24) is 0 Å². The molecule has 12 heavy (non-hydrogen) atoms. The van der Waals surface area contributed by atoms with Gasteiger partial charge in [-0.15, -0.1) is 0 Å². The number of aliphatic hydroxyl groups is 1. The molecule has 0 radical (unpaired) electrons. The lowest BCUT2D eigenvalue weighted by atomic mass is 9.85. The lowest BCUT2D eigenvalue weighted by molar-refractivity contribution is 0.216. The maximum Gasteiger partial charge on any atom is 0.0433 e. The average molecular weight is 188 g/mol. The van der Waals surface area contributed by atoms with E-state index in [9.17, 15) is 0 Å². The summed E-state index contributed by atoms with van der Waals surface area (Å²) in [6, 6.07) is 0. The second-order valence-electron chi connectivity index (χ2n) is 3.66. The average Bonchev–Trinajstić information content (AvgIpc) is 2.15. The highest BCUT2D eigenvalue weighted by Crippen LogP contribution is 2.31. The van der Waals surface area contributed by atoms with Gasteiger partial charge in [-0.3, -0.25) is 0 Å². The molecular formula is C10H20OS. The van der Waals surface area contributed by atoms with Crippen LogP contribution in [0.4, 0.5) is 0 Å². The minimum atomic E-state index is 0.375. The van der Waals surface area contributed by atoms with E-state index in [1.54, 1.807) is 0 Å². The maximum absolute atomic E-state index is 8.89. The number of thioether (sulfide) groups is 1. The third-order valence-corrected chi connectivity index (χ3v) is 4.13. The molecule has 0 bridgehead atoms. The summed E-state index contributed by atoms with van der Waals surface area (Å²) in [5, 5.41) is 8.89. The zero-order valence-corrected chi connectivity index (χ0v) is 8.78. The Bertz CT molecular complexity index is 108. The Kier molecular flexibility index (Phi) is 5.08. The van der Waals surface area contributed by atoms with Crippen LogP contribution in [0.25, 0.3) is 0 Å². The number of aliphatic hydroxyl groups excluding tert-OH is 1. The van der Waals surface area contributed by atoms with E-state index in [1.807, 2.05) is 0 Å². The van der Waals surface area contributed by atoms with E-state index in [2.05, 4.69) is 18.7 Å². The molecule has 1 N–H and O–H groups in total. The van der Waals surface area contributed by atoms with E-state index in [4.69, 9.17) is 5.11 Å². The highest BCUT2D eigenvalue weighted by atomic mass is 32.2. The van der Waals surface area contributed by atoms with Crippen molar-refractivity contribution >= 4 is 11.8 Å². The van der Waals surface area contributed by atoms with Gasteiger partial charge in [-0.25, -0.2) is 0 Å². The molecule has 0 aromatic carbocycles. The van der Waals surface area contributed by atoms with Gasteiger partial charge in [0.05, 0.1) is 0 Å². The number of rotatable bonds is 4. The SMILES string of the molecule is CCC(CCO)C1CCCSC1. The molecule has 1 aliphatic rings. The normalized spacial score (nSPS) is 27.0. The van der Waals surface area contributed by atoms with Gasteiger partial charge >= 0.3 is 0 Å². The van der Waals surface area contributed by atoms with Crippen LogP contribution in [0.3, 0.4) is 0 Å². The minimum Gasteiger partial charge on any atom is -0.396 e. The van der Waals surface area contributed by atoms with Crippen molar-refractivity contribution in [2.45, 2.75) is 32.6 Å². The van der Waals surface area contributed by atoms with Gasteiger partial charge in [-0.1, -0.05) is 13.3 Å². The van der Waals surface area contributed by atoms with Gasteiger partial charge < -0.3 is 5.11 Å². The molecule has 0 aromatic rings. The summed E-state index contributed by atoms with van der Waals surface area (Å²) in [5.41, 5.74) is 0. The van der Waals surface area contributed by atoms with Crippen LogP contribution in [0.5, 0.6) is 0 Å². The van der Waals surface area contributed by atoms with Crippen molar-refractivity contribution in [2.24, 2.45) is 11.8 Å². The molecule has 1 nitrogen and oxygen atoms in total. The lowest BCUT2D eigenvalue weighted by Crippen LogP contribution is -2.21. The van der Waals surface area contributed by atoms with Crippen molar-refractivity contribution in [3.63, 3.8) is 0 Å². The molecule has 2 heteroatoms. The summed E-state index contributed by atoms with van der Waals surface area (Å²) < 4.78 is 0. The first kappa shape index (κ1) is 10.4. The smallest absolute Gasteiger partial charge is 0.0433 e. The molecule has 1 saturated heterocycles. The van der Waals surface area contributed by atoms with E-state index in [1.165, 1.54) is 30.8 Å². The Morgan fingerprint density at radius 3 is 2.92 bits per heavy atom. The second-order valence-corrected chi connectivity index (χ2v) is 4.81. The van der Waals surface area contributed by atoms with Crippen molar-refractivity contribution in [2.75, 3.05) is 18.1 Å². The van der Waals surface area contributed by atoms with E-state index >= 15 is 0 Å². The van der Waals surface area contributed by atoms with Gasteiger partial charge in [-0.05, 0) is 42.6 Å². The largest absolute Gasteiger partial charge is 0.396 e. The summed E-state index contributed by atoms with van der Waals surface area (Å²) in [4.78, 5) is 0. The summed E-state index contributed by atoms with van der Waals surface area (Å²) in [6.07, 6.45) is 5.04. The Morgan fingerprint density at radius 2 is 2.42 bits per heavy atom. The molecule has 72 valence electrons. The Balaban J connectivity index is 2.29. The molecule has 2 unspecified atom stereocenters. The predicted octanol–water partition coefficient (Wildman–Crippen LogP) is 2.54. The van der Waals surface area contributed by atoms with E-state index in [0.29, 0.717) is 6.61 Å². The fraction of sp³-hybridized carbons (Fsp3) is 1.00. The first-order valence-electron chi connectivity index (χ1n) is 5.07. The molecule has 1 aliphatic heterocycles. The molecule has 0 aromatic heterocycles. The molecular weight excluding hydrogens is 168 g/mol.